The summed E-state index contributed by atoms with van der Waals surface area (Å²) in [6, 6.07) is 0. The molecule has 39 heavy (non-hydrogen) atoms. The van der Waals surface area contributed by atoms with E-state index >= 15 is 0 Å². The van der Waals surface area contributed by atoms with Gasteiger partial charge in [0.2, 0.25) is 0 Å². The van der Waals surface area contributed by atoms with Crippen molar-refractivity contribution >= 4 is 0 Å². The van der Waals surface area contributed by atoms with Gasteiger partial charge in [-0.1, -0.05) is 146 Å². The molecule has 0 radical (unpaired) electrons. The van der Waals surface area contributed by atoms with Gasteiger partial charge in [0.1, 0.15) is 0 Å². The molecule has 0 rings (SSSR count). The summed E-state index contributed by atoms with van der Waals surface area (Å²) >= 11 is 0. The van der Waals surface area contributed by atoms with Crippen LogP contribution in [0.3, 0.4) is 0 Å². The summed E-state index contributed by atoms with van der Waals surface area (Å²) in [5.74, 6) is -0.417. The minimum absolute atomic E-state index is 0. The maximum absolute atomic E-state index is 4.94. The van der Waals surface area contributed by atoms with Gasteiger partial charge in [0.15, 0.2) is 5.79 Å². The quantitative estimate of drug-likeness (QED) is 0.310. The van der Waals surface area contributed by atoms with E-state index < -0.39 is 5.79 Å². The van der Waals surface area contributed by atoms with Crippen LogP contribution in [0, 0.1) is 27.1 Å². The van der Waals surface area contributed by atoms with Crippen molar-refractivity contribution in [2.75, 3.05) is 21.3 Å². The zero-order valence-corrected chi connectivity index (χ0v) is 31.4. The molecule has 0 bridgehead atoms. The Morgan fingerprint density at radius 3 is 0.513 bits per heavy atom. The molecular formula is C36H88O3. The Morgan fingerprint density at radius 1 is 0.385 bits per heavy atom. The van der Waals surface area contributed by atoms with Gasteiger partial charge in [0, 0.05) is 21.3 Å². The normalized spacial score (nSPS) is 11.8. The molecule has 0 aromatic carbocycles. The van der Waals surface area contributed by atoms with Crippen LogP contribution in [0.5, 0.6) is 0 Å². The number of rotatable bonds is 2. The summed E-state index contributed by atoms with van der Waals surface area (Å²) in [4.78, 5) is 0. The summed E-state index contributed by atoms with van der Waals surface area (Å²) in [7, 11) is 4.94. The molecule has 3 nitrogen and oxygen atoms in total. The Morgan fingerprint density at radius 2 is 0.513 bits per heavy atom. The first-order chi connectivity index (χ1) is 15.5. The van der Waals surface area contributed by atoms with Crippen molar-refractivity contribution in [3.63, 3.8) is 0 Å². The molecule has 0 fully saturated rings. The predicted molar refractivity (Wildman–Crippen MR) is 187 cm³/mol. The monoisotopic (exact) mass is 569 g/mol. The molecule has 0 saturated carbocycles. The van der Waals surface area contributed by atoms with E-state index in [1.165, 1.54) is 6.42 Å². The Labute approximate surface area is 254 Å². The van der Waals surface area contributed by atoms with Crippen LogP contribution in [-0.4, -0.2) is 32.7 Å². The molecule has 0 saturated heterocycles. The molecule has 0 aliphatic carbocycles. The Bertz CT molecular complexity index is 406. The summed E-state index contributed by atoms with van der Waals surface area (Å²) in [6.07, 6.45) is 1.27. The van der Waals surface area contributed by atoms with Crippen molar-refractivity contribution in [1.29, 1.82) is 0 Å². The predicted octanol–water partition coefficient (Wildman–Crippen LogP) is 13.3. The van der Waals surface area contributed by atoms with Crippen LogP contribution in [-0.2, 0) is 14.2 Å². The van der Waals surface area contributed by atoms with Crippen molar-refractivity contribution < 1.29 is 14.2 Å². The Kier molecular flexibility index (Phi) is 36.7. The molecule has 0 aliphatic rings. The van der Waals surface area contributed by atoms with E-state index in [2.05, 4.69) is 125 Å². The van der Waals surface area contributed by atoms with Gasteiger partial charge in [0.05, 0.1) is 5.60 Å². The van der Waals surface area contributed by atoms with Gasteiger partial charge in [0.25, 0.3) is 0 Å². The number of methoxy groups -OCH3 is 3. The Balaban J connectivity index is -0.0000000492. The van der Waals surface area contributed by atoms with Crippen molar-refractivity contribution in [2.24, 2.45) is 27.1 Å². The lowest BCUT2D eigenvalue weighted by Crippen LogP contribution is -2.25. The lowest BCUT2D eigenvalue weighted by molar-refractivity contribution is -0.178. The van der Waals surface area contributed by atoms with Crippen molar-refractivity contribution in [3.8, 4) is 0 Å². The van der Waals surface area contributed by atoms with E-state index in [9.17, 15) is 0 Å². The molecule has 0 unspecified atom stereocenters. The fraction of sp³-hybridized carbons (Fsp3) is 1.00. The third-order valence-electron chi connectivity index (χ3n) is 4.91. The zero-order valence-electron chi connectivity index (χ0n) is 31.4. The summed E-state index contributed by atoms with van der Waals surface area (Å²) in [5, 5.41) is 0. The fourth-order valence-electron chi connectivity index (χ4n) is 0.0833. The highest BCUT2D eigenvalue weighted by Gasteiger charge is 2.26. The first-order valence-corrected chi connectivity index (χ1v) is 14.1. The molecule has 0 N–H and O–H groups in total. The highest BCUT2D eigenvalue weighted by molar-refractivity contribution is 4.77. The smallest absolute Gasteiger partial charge is 0.161 e. The van der Waals surface area contributed by atoms with E-state index in [0.717, 1.165) is 0 Å². The van der Waals surface area contributed by atoms with Gasteiger partial charge >= 0.3 is 0 Å². The average Bonchev–Trinajstić information content (AvgIpc) is 2.57. The maximum atomic E-state index is 4.94. The molecule has 0 aromatic rings. The minimum atomic E-state index is -0.417. The van der Waals surface area contributed by atoms with Crippen molar-refractivity contribution in [3.05, 3.63) is 0 Å². The van der Waals surface area contributed by atoms with Crippen LogP contribution in [0.15, 0.2) is 0 Å². The lowest BCUT2D eigenvalue weighted by Gasteiger charge is -2.34. The molecule has 0 aromatic heterocycles. The van der Waals surface area contributed by atoms with Crippen molar-refractivity contribution in [2.45, 2.75) is 192 Å². The second-order valence-corrected chi connectivity index (χ2v) is 17.5. The zero-order chi connectivity index (χ0) is 32.3. The van der Waals surface area contributed by atoms with E-state index in [1.807, 2.05) is 34.6 Å². The largest absolute Gasteiger partial charge is 0.379 e. The van der Waals surface area contributed by atoms with Gasteiger partial charge in [-0.25, -0.2) is 0 Å². The van der Waals surface area contributed by atoms with Crippen LogP contribution in [0.4, 0.5) is 0 Å². The SMILES string of the molecule is C.C.CC(C)(C)C.CC(C)(C)C.CC(C)(C)C(C)(C)C.CCC(C)(C)C.COC(C)(C)C.COC(C)(C)OC. The number of ether oxygens (including phenoxy) is 3. The van der Waals surface area contributed by atoms with E-state index in [1.54, 1.807) is 21.3 Å². The molecule has 250 valence electrons. The second kappa shape index (κ2) is 24.5. The first kappa shape index (κ1) is 58.5. The van der Waals surface area contributed by atoms with Crippen LogP contribution >= 0.6 is 0 Å². The molecule has 3 heteroatoms. The van der Waals surface area contributed by atoms with Gasteiger partial charge in [-0.3, -0.25) is 0 Å². The van der Waals surface area contributed by atoms with Crippen LogP contribution in [0.1, 0.15) is 181 Å². The Hall–Kier alpha value is -0.120. The number of hydrogen-bond acceptors (Lipinski definition) is 3. The summed E-state index contributed by atoms with van der Waals surface area (Å²) in [5.41, 5.74) is 2.46. The van der Waals surface area contributed by atoms with E-state index in [4.69, 9.17) is 14.2 Å². The van der Waals surface area contributed by atoms with Crippen LogP contribution in [0.25, 0.3) is 0 Å². The maximum Gasteiger partial charge on any atom is 0.161 e. The first-order valence-electron chi connectivity index (χ1n) is 14.1. The van der Waals surface area contributed by atoms with Crippen LogP contribution < -0.4 is 0 Å². The standard InChI is InChI=1S/C8H18.C6H14.C5H12O2.C5H12O.2C5H12.2CH4/c1-7(2,3)8(4,5)6;1-5-6(2,3)4;1-5(2,6-3)7-4;1-5(2,3)6-4;2*1-5(2,3)4;;/h1-6H3;5H2,1-4H3;1-4H3;1-4H3;2*1-4H3;2*1H4. The van der Waals surface area contributed by atoms with Gasteiger partial charge in [-0.05, 0) is 61.7 Å². The molecule has 0 atom stereocenters. The fourth-order valence-corrected chi connectivity index (χ4v) is 0.0833. The van der Waals surface area contributed by atoms with Gasteiger partial charge in [-0.15, -0.1) is 0 Å². The van der Waals surface area contributed by atoms with E-state index in [0.29, 0.717) is 27.1 Å². The summed E-state index contributed by atoms with van der Waals surface area (Å²) < 4.78 is 14.7. The van der Waals surface area contributed by atoms with Crippen molar-refractivity contribution in [1.82, 2.24) is 0 Å². The third kappa shape index (κ3) is 112. The van der Waals surface area contributed by atoms with E-state index in [-0.39, 0.29) is 20.5 Å². The third-order valence-corrected chi connectivity index (χ3v) is 4.91. The summed E-state index contributed by atoms with van der Waals surface area (Å²) in [6.45, 7) is 49.8. The highest BCUT2D eigenvalue weighted by atomic mass is 16.7. The van der Waals surface area contributed by atoms with Gasteiger partial charge in [-0.2, -0.15) is 0 Å². The second-order valence-electron chi connectivity index (χ2n) is 17.5. The lowest BCUT2D eigenvalue weighted by atomic mass is 9.71. The average molecular weight is 569 g/mol. The number of hydrogen-bond donors (Lipinski definition) is 0. The molecule has 0 aliphatic heterocycles. The minimum Gasteiger partial charge on any atom is -0.379 e. The molecule has 0 amide bonds. The highest BCUT2D eigenvalue weighted by Crippen LogP contribution is 2.36. The topological polar surface area (TPSA) is 27.7 Å². The van der Waals surface area contributed by atoms with Crippen LogP contribution in [0.2, 0.25) is 0 Å². The van der Waals surface area contributed by atoms with Gasteiger partial charge < -0.3 is 14.2 Å². The molecule has 0 heterocycles. The molecule has 0 spiro atoms. The molecular weight excluding hydrogens is 480 g/mol.